The van der Waals surface area contributed by atoms with Crippen molar-refractivity contribution in [3.8, 4) is 0 Å². The lowest BCUT2D eigenvalue weighted by Crippen LogP contribution is -2.18. The third kappa shape index (κ3) is 2.16. The molecule has 0 aromatic heterocycles. The maximum atomic E-state index is 11.1. The molecule has 0 aromatic rings. The maximum absolute atomic E-state index is 11.1. The van der Waals surface area contributed by atoms with Crippen LogP contribution in [0, 0.1) is 11.8 Å². The van der Waals surface area contributed by atoms with Crippen molar-refractivity contribution in [2.75, 3.05) is 0 Å². The van der Waals surface area contributed by atoms with Crippen LogP contribution in [0.25, 0.3) is 0 Å². The van der Waals surface area contributed by atoms with E-state index in [-0.39, 0.29) is 17.5 Å². The Bertz CT molecular complexity index is 196. The van der Waals surface area contributed by atoms with E-state index in [0.29, 0.717) is 12.3 Å². The van der Waals surface area contributed by atoms with Gasteiger partial charge in [-0.3, -0.25) is 4.79 Å². The summed E-state index contributed by atoms with van der Waals surface area (Å²) in [6, 6.07) is 0. The Hall–Kier alpha value is -0.660. The molecule has 0 spiro atoms. The first kappa shape index (κ1) is 9.43. The lowest BCUT2D eigenvalue weighted by Gasteiger charge is -2.14. The van der Waals surface area contributed by atoms with Gasteiger partial charge in [0.15, 0.2) is 0 Å². The molecule has 1 rings (SSSR count). The Kier molecular flexibility index (Phi) is 3.01. The molecule has 0 aromatic carbocycles. The van der Waals surface area contributed by atoms with Crippen LogP contribution in [0.1, 0.15) is 39.5 Å². The molecule has 68 valence electrons. The predicted octanol–water partition coefficient (Wildman–Crippen LogP) is 1.97. The lowest BCUT2D eigenvalue weighted by molar-refractivity contribution is -0.122. The molecule has 2 atom stereocenters. The topological polar surface area (TPSA) is 34.1 Å². The number of carbonyl (C=O) groups excluding carboxylic acids is 2. The van der Waals surface area contributed by atoms with Crippen LogP contribution in [0.4, 0.5) is 0 Å². The summed E-state index contributed by atoms with van der Waals surface area (Å²) in [4.78, 5) is 22.0. The molecule has 0 amide bonds. The molecule has 1 saturated carbocycles. The van der Waals surface area contributed by atoms with Crippen molar-refractivity contribution in [1.82, 2.24) is 0 Å². The minimum absolute atomic E-state index is 0.175. The Balaban J connectivity index is 2.52. The highest BCUT2D eigenvalue weighted by atomic mass is 16.1. The number of hydrogen-bond donors (Lipinski definition) is 0. The van der Waals surface area contributed by atoms with E-state index >= 15 is 0 Å². The predicted molar refractivity (Wildman–Crippen MR) is 46.8 cm³/mol. The number of hydrogen-bond acceptors (Lipinski definition) is 2. The van der Waals surface area contributed by atoms with Crippen molar-refractivity contribution >= 4 is 11.6 Å². The zero-order valence-electron chi connectivity index (χ0n) is 7.80. The molecular weight excluding hydrogens is 152 g/mol. The highest BCUT2D eigenvalue weighted by Gasteiger charge is 2.30. The minimum atomic E-state index is 0.175. The van der Waals surface area contributed by atoms with Crippen LogP contribution in [-0.4, -0.2) is 11.6 Å². The van der Waals surface area contributed by atoms with Gasteiger partial charge in [-0.15, -0.1) is 0 Å². The second-order valence-corrected chi connectivity index (χ2v) is 3.81. The molecule has 0 heterocycles. The third-order valence-electron chi connectivity index (χ3n) is 2.73. The van der Waals surface area contributed by atoms with E-state index in [0.717, 1.165) is 19.3 Å². The standard InChI is InChI=1S/C10H16O2/c1-7(11)6-9-4-3-5-10(9)8(2)12/h9-10H,3-6H2,1-2H3. The summed E-state index contributed by atoms with van der Waals surface area (Å²) in [6.45, 7) is 3.25. The van der Waals surface area contributed by atoms with Gasteiger partial charge in [-0.25, -0.2) is 0 Å². The first-order valence-corrected chi connectivity index (χ1v) is 4.61. The summed E-state index contributed by atoms with van der Waals surface area (Å²) in [5.41, 5.74) is 0. The fraction of sp³-hybridized carbons (Fsp3) is 0.800. The Morgan fingerprint density at radius 2 is 1.92 bits per heavy atom. The van der Waals surface area contributed by atoms with Gasteiger partial charge < -0.3 is 4.79 Å². The van der Waals surface area contributed by atoms with E-state index in [1.54, 1.807) is 13.8 Å². The molecule has 1 aliphatic carbocycles. The highest BCUT2D eigenvalue weighted by Crippen LogP contribution is 2.34. The van der Waals surface area contributed by atoms with Crippen LogP contribution in [0.15, 0.2) is 0 Å². The minimum Gasteiger partial charge on any atom is -0.300 e. The zero-order valence-corrected chi connectivity index (χ0v) is 7.80. The summed E-state index contributed by atoms with van der Waals surface area (Å²) in [7, 11) is 0. The van der Waals surface area contributed by atoms with Crippen LogP contribution >= 0.6 is 0 Å². The average Bonchev–Trinajstić information content (AvgIpc) is 2.33. The van der Waals surface area contributed by atoms with Crippen molar-refractivity contribution in [2.24, 2.45) is 11.8 Å². The smallest absolute Gasteiger partial charge is 0.133 e. The molecule has 2 unspecified atom stereocenters. The highest BCUT2D eigenvalue weighted by molar-refractivity contribution is 5.81. The summed E-state index contributed by atoms with van der Waals surface area (Å²) in [5, 5.41) is 0. The molecule has 0 N–H and O–H groups in total. The fourth-order valence-corrected chi connectivity index (χ4v) is 2.19. The van der Waals surface area contributed by atoms with Gasteiger partial charge in [0.25, 0.3) is 0 Å². The van der Waals surface area contributed by atoms with Crippen LogP contribution < -0.4 is 0 Å². The van der Waals surface area contributed by atoms with E-state index < -0.39 is 0 Å². The number of carbonyl (C=O) groups is 2. The largest absolute Gasteiger partial charge is 0.300 e. The molecule has 12 heavy (non-hydrogen) atoms. The molecule has 2 nitrogen and oxygen atoms in total. The lowest BCUT2D eigenvalue weighted by atomic mass is 9.89. The monoisotopic (exact) mass is 168 g/mol. The second kappa shape index (κ2) is 3.83. The van der Waals surface area contributed by atoms with Crippen molar-refractivity contribution < 1.29 is 9.59 Å². The average molecular weight is 168 g/mol. The van der Waals surface area contributed by atoms with Crippen LogP contribution in [-0.2, 0) is 9.59 Å². The molecule has 2 heteroatoms. The first-order valence-electron chi connectivity index (χ1n) is 4.61. The Morgan fingerprint density at radius 1 is 1.25 bits per heavy atom. The second-order valence-electron chi connectivity index (χ2n) is 3.81. The van der Waals surface area contributed by atoms with E-state index in [1.165, 1.54) is 0 Å². The van der Waals surface area contributed by atoms with Crippen LogP contribution in [0.2, 0.25) is 0 Å². The molecule has 0 aliphatic heterocycles. The molecule has 1 fully saturated rings. The van der Waals surface area contributed by atoms with Gasteiger partial charge in [0.1, 0.15) is 11.6 Å². The molecule has 1 aliphatic rings. The van der Waals surface area contributed by atoms with Gasteiger partial charge >= 0.3 is 0 Å². The molecule has 0 bridgehead atoms. The van der Waals surface area contributed by atoms with Gasteiger partial charge in [0.05, 0.1) is 0 Å². The number of rotatable bonds is 3. The normalized spacial score (nSPS) is 28.8. The summed E-state index contributed by atoms with van der Waals surface area (Å²) < 4.78 is 0. The SMILES string of the molecule is CC(=O)CC1CCCC1C(C)=O. The van der Waals surface area contributed by atoms with Crippen molar-refractivity contribution in [1.29, 1.82) is 0 Å². The Morgan fingerprint density at radius 3 is 2.42 bits per heavy atom. The fourth-order valence-electron chi connectivity index (χ4n) is 2.19. The van der Waals surface area contributed by atoms with Crippen molar-refractivity contribution in [2.45, 2.75) is 39.5 Å². The molecule has 0 radical (unpaired) electrons. The summed E-state index contributed by atoms with van der Waals surface area (Å²) in [6.07, 6.45) is 3.77. The van der Waals surface area contributed by atoms with Gasteiger partial charge in [-0.05, 0) is 32.6 Å². The molecule has 0 saturated heterocycles. The van der Waals surface area contributed by atoms with Crippen molar-refractivity contribution in [3.05, 3.63) is 0 Å². The van der Waals surface area contributed by atoms with Gasteiger partial charge in [0.2, 0.25) is 0 Å². The van der Waals surface area contributed by atoms with Crippen LogP contribution in [0.3, 0.4) is 0 Å². The summed E-state index contributed by atoms with van der Waals surface area (Å²) >= 11 is 0. The van der Waals surface area contributed by atoms with Gasteiger partial charge in [-0.1, -0.05) is 6.42 Å². The van der Waals surface area contributed by atoms with E-state index in [9.17, 15) is 9.59 Å². The van der Waals surface area contributed by atoms with Gasteiger partial charge in [-0.2, -0.15) is 0 Å². The van der Waals surface area contributed by atoms with E-state index in [1.807, 2.05) is 0 Å². The summed E-state index contributed by atoms with van der Waals surface area (Å²) in [5.74, 6) is 1.00. The van der Waals surface area contributed by atoms with E-state index in [2.05, 4.69) is 0 Å². The molecular formula is C10H16O2. The maximum Gasteiger partial charge on any atom is 0.133 e. The zero-order chi connectivity index (χ0) is 9.14. The quantitative estimate of drug-likeness (QED) is 0.645. The number of Topliss-reactive ketones (excluding diaryl/α,β-unsaturated/α-hetero) is 2. The van der Waals surface area contributed by atoms with Crippen LogP contribution in [0.5, 0.6) is 0 Å². The first-order chi connectivity index (χ1) is 5.61. The van der Waals surface area contributed by atoms with Crippen molar-refractivity contribution in [3.63, 3.8) is 0 Å². The van der Waals surface area contributed by atoms with E-state index in [4.69, 9.17) is 0 Å². The third-order valence-corrected chi connectivity index (χ3v) is 2.73. The van der Waals surface area contributed by atoms with Gasteiger partial charge in [0, 0.05) is 12.3 Å². The Labute approximate surface area is 73.3 Å². The number of ketones is 2.